The molecule has 0 heterocycles. The Labute approximate surface area is 130 Å². The molecule has 0 aliphatic heterocycles. The minimum absolute atomic E-state index is 0.641. The summed E-state index contributed by atoms with van der Waals surface area (Å²) in [6.45, 7) is 5.96. The van der Waals surface area contributed by atoms with Gasteiger partial charge in [-0.3, -0.25) is 4.99 Å². The Morgan fingerprint density at radius 1 is 0.857 bits per heavy atom. The van der Waals surface area contributed by atoms with E-state index in [0.29, 0.717) is 19.8 Å². The summed E-state index contributed by atoms with van der Waals surface area (Å²) >= 11 is 0. The Bertz CT molecular complexity index is 236. The second-order valence-electron chi connectivity index (χ2n) is 5.15. The third-order valence-electron chi connectivity index (χ3n) is 3.27. The molecular formula is C16H35N3O2. The number of nitrogens with one attached hydrogen (secondary N) is 2. The van der Waals surface area contributed by atoms with Crippen LogP contribution in [0.2, 0.25) is 0 Å². The highest BCUT2D eigenvalue weighted by Crippen LogP contribution is 2.06. The molecule has 0 aromatic heterocycles. The largest absolute Gasteiger partial charge is 0.382 e. The highest BCUT2D eigenvalue weighted by atomic mass is 16.5. The van der Waals surface area contributed by atoms with Gasteiger partial charge in [0, 0.05) is 27.2 Å². The Balaban J connectivity index is 3.33. The predicted molar refractivity (Wildman–Crippen MR) is 90.1 cm³/mol. The molecule has 0 radical (unpaired) electrons. The van der Waals surface area contributed by atoms with Crippen LogP contribution in [0, 0.1) is 0 Å². The van der Waals surface area contributed by atoms with Gasteiger partial charge < -0.3 is 20.1 Å². The van der Waals surface area contributed by atoms with Crippen molar-refractivity contribution in [3.8, 4) is 0 Å². The van der Waals surface area contributed by atoms with Crippen LogP contribution in [0.15, 0.2) is 4.99 Å². The Morgan fingerprint density at radius 2 is 1.52 bits per heavy atom. The summed E-state index contributed by atoms with van der Waals surface area (Å²) in [6, 6.07) is 0. The van der Waals surface area contributed by atoms with Crippen LogP contribution in [-0.4, -0.2) is 53.0 Å². The smallest absolute Gasteiger partial charge is 0.191 e. The molecule has 0 aliphatic rings. The Hall–Kier alpha value is -0.810. The van der Waals surface area contributed by atoms with Gasteiger partial charge in [0.15, 0.2) is 5.96 Å². The van der Waals surface area contributed by atoms with Crippen molar-refractivity contribution in [3.05, 3.63) is 0 Å². The zero-order valence-electron chi connectivity index (χ0n) is 14.2. The lowest BCUT2D eigenvalue weighted by molar-refractivity contribution is 0.0733. The monoisotopic (exact) mass is 301 g/mol. The van der Waals surface area contributed by atoms with Crippen LogP contribution in [0.4, 0.5) is 0 Å². The lowest BCUT2D eigenvalue weighted by Crippen LogP contribution is -2.39. The predicted octanol–water partition coefficient (Wildman–Crippen LogP) is 2.57. The third-order valence-corrected chi connectivity index (χ3v) is 3.27. The highest BCUT2D eigenvalue weighted by molar-refractivity contribution is 5.79. The summed E-state index contributed by atoms with van der Waals surface area (Å²) < 4.78 is 10.3. The zero-order chi connectivity index (χ0) is 15.6. The molecule has 0 rings (SSSR count). The molecule has 0 unspecified atom stereocenters. The van der Waals surface area contributed by atoms with E-state index in [-0.39, 0.29) is 0 Å². The van der Waals surface area contributed by atoms with Crippen LogP contribution < -0.4 is 10.6 Å². The number of hydrogen-bond acceptors (Lipinski definition) is 3. The van der Waals surface area contributed by atoms with E-state index in [4.69, 9.17) is 9.47 Å². The third kappa shape index (κ3) is 15.4. The Kier molecular flexibility index (Phi) is 16.6. The molecule has 0 saturated carbocycles. The molecule has 5 nitrogen and oxygen atoms in total. The van der Waals surface area contributed by atoms with Gasteiger partial charge in [-0.2, -0.15) is 0 Å². The van der Waals surface area contributed by atoms with E-state index in [9.17, 15) is 0 Å². The number of nitrogens with zero attached hydrogens (tertiary/aromatic N) is 1. The first kappa shape index (κ1) is 20.2. The van der Waals surface area contributed by atoms with Crippen LogP contribution in [0.25, 0.3) is 0 Å². The molecule has 2 N–H and O–H groups in total. The van der Waals surface area contributed by atoms with Crippen LogP contribution in [0.1, 0.15) is 51.9 Å². The maximum atomic E-state index is 5.39. The lowest BCUT2D eigenvalue weighted by atomic mass is 10.1. The van der Waals surface area contributed by atoms with Crippen LogP contribution in [0.5, 0.6) is 0 Å². The van der Waals surface area contributed by atoms with E-state index in [0.717, 1.165) is 19.0 Å². The maximum absolute atomic E-state index is 5.39. The number of guanidine groups is 1. The summed E-state index contributed by atoms with van der Waals surface area (Å²) in [5.74, 6) is 0.858. The second kappa shape index (κ2) is 17.2. The van der Waals surface area contributed by atoms with Crippen molar-refractivity contribution in [2.75, 3.05) is 47.1 Å². The minimum atomic E-state index is 0.641. The normalized spacial score (nSPS) is 11.7. The molecule has 0 aliphatic carbocycles. The van der Waals surface area contributed by atoms with E-state index >= 15 is 0 Å². The summed E-state index contributed by atoms with van der Waals surface area (Å²) in [5, 5.41) is 6.57. The SMILES string of the molecule is CCCCCCCCCNC(=NC)NCCOCCOC. The van der Waals surface area contributed by atoms with E-state index in [1.165, 1.54) is 44.9 Å². The average Bonchev–Trinajstić information content (AvgIpc) is 2.51. The van der Waals surface area contributed by atoms with Crippen molar-refractivity contribution in [2.24, 2.45) is 4.99 Å². The molecule has 0 aromatic carbocycles. The average molecular weight is 301 g/mol. The van der Waals surface area contributed by atoms with Crippen LogP contribution in [0.3, 0.4) is 0 Å². The lowest BCUT2D eigenvalue weighted by Gasteiger charge is -2.12. The molecule has 0 atom stereocenters. The first-order chi connectivity index (χ1) is 10.3. The second-order valence-corrected chi connectivity index (χ2v) is 5.15. The van der Waals surface area contributed by atoms with Crippen molar-refractivity contribution in [1.82, 2.24) is 10.6 Å². The fourth-order valence-electron chi connectivity index (χ4n) is 2.00. The van der Waals surface area contributed by atoms with Crippen LogP contribution in [-0.2, 0) is 9.47 Å². The van der Waals surface area contributed by atoms with E-state index < -0.39 is 0 Å². The molecule has 21 heavy (non-hydrogen) atoms. The molecule has 0 spiro atoms. The molecule has 126 valence electrons. The van der Waals surface area contributed by atoms with Gasteiger partial charge in [-0.1, -0.05) is 45.4 Å². The maximum Gasteiger partial charge on any atom is 0.191 e. The van der Waals surface area contributed by atoms with Gasteiger partial charge in [-0.15, -0.1) is 0 Å². The minimum Gasteiger partial charge on any atom is -0.382 e. The molecule has 0 aromatic rings. The van der Waals surface area contributed by atoms with Crippen molar-refractivity contribution in [2.45, 2.75) is 51.9 Å². The topological polar surface area (TPSA) is 54.9 Å². The van der Waals surface area contributed by atoms with Gasteiger partial charge in [-0.25, -0.2) is 0 Å². The summed E-state index contributed by atoms with van der Waals surface area (Å²) in [7, 11) is 3.48. The van der Waals surface area contributed by atoms with Crippen molar-refractivity contribution in [3.63, 3.8) is 0 Å². The van der Waals surface area contributed by atoms with E-state index in [1.54, 1.807) is 14.2 Å². The van der Waals surface area contributed by atoms with Gasteiger partial charge in [0.1, 0.15) is 0 Å². The standard InChI is InChI=1S/C16H35N3O2/c1-4-5-6-7-8-9-10-11-18-16(17-2)19-12-13-21-15-14-20-3/h4-15H2,1-3H3,(H2,17,18,19). The first-order valence-corrected chi connectivity index (χ1v) is 8.36. The molecule has 0 fully saturated rings. The van der Waals surface area contributed by atoms with Gasteiger partial charge in [-0.05, 0) is 6.42 Å². The van der Waals surface area contributed by atoms with Crippen molar-refractivity contribution in [1.29, 1.82) is 0 Å². The first-order valence-electron chi connectivity index (χ1n) is 8.36. The summed E-state index contributed by atoms with van der Waals surface area (Å²) in [4.78, 5) is 4.19. The van der Waals surface area contributed by atoms with Crippen molar-refractivity contribution >= 4 is 5.96 Å². The molecule has 5 heteroatoms. The number of unbranched alkanes of at least 4 members (excludes halogenated alkanes) is 6. The van der Waals surface area contributed by atoms with Gasteiger partial charge >= 0.3 is 0 Å². The van der Waals surface area contributed by atoms with Crippen LogP contribution >= 0.6 is 0 Å². The van der Waals surface area contributed by atoms with Gasteiger partial charge in [0.2, 0.25) is 0 Å². The molecular weight excluding hydrogens is 266 g/mol. The Morgan fingerprint density at radius 3 is 2.19 bits per heavy atom. The van der Waals surface area contributed by atoms with Gasteiger partial charge in [0.05, 0.1) is 19.8 Å². The van der Waals surface area contributed by atoms with E-state index in [1.807, 2.05) is 0 Å². The summed E-state index contributed by atoms with van der Waals surface area (Å²) in [5.41, 5.74) is 0. The number of aliphatic imine (C=N–C) groups is 1. The van der Waals surface area contributed by atoms with E-state index in [2.05, 4.69) is 22.5 Å². The van der Waals surface area contributed by atoms with Crippen molar-refractivity contribution < 1.29 is 9.47 Å². The van der Waals surface area contributed by atoms with Gasteiger partial charge in [0.25, 0.3) is 0 Å². The highest BCUT2D eigenvalue weighted by Gasteiger charge is 1.97. The molecule has 0 saturated heterocycles. The summed E-state index contributed by atoms with van der Waals surface area (Å²) in [6.07, 6.45) is 9.31. The molecule has 0 bridgehead atoms. The quantitative estimate of drug-likeness (QED) is 0.294. The fourth-order valence-corrected chi connectivity index (χ4v) is 2.00. The number of hydrogen-bond donors (Lipinski definition) is 2. The molecule has 0 amide bonds. The number of ether oxygens (including phenoxy) is 2. The number of methoxy groups -OCH3 is 1. The number of rotatable bonds is 14. The zero-order valence-corrected chi connectivity index (χ0v) is 14.2. The fraction of sp³-hybridized carbons (Fsp3) is 0.938.